The Labute approximate surface area is 209 Å². The smallest absolute Gasteiger partial charge is 0.306 e. The SMILES string of the molecule is C[C@]12CCC(=O)O[C@@H]1CC[C@@H]1[C@@H]2CC[C@]2(C)[C@@H](C(=O)N(c3ccccc3)c3ccccc3)CC[C@@H]12. The molecule has 3 saturated carbocycles. The first-order chi connectivity index (χ1) is 16.9. The molecule has 0 radical (unpaired) electrons. The minimum atomic E-state index is -0.0139. The maximum atomic E-state index is 14.4. The molecule has 4 nitrogen and oxygen atoms in total. The molecule has 6 rings (SSSR count). The van der Waals surface area contributed by atoms with E-state index in [1.165, 1.54) is 0 Å². The third-order valence-corrected chi connectivity index (χ3v) is 10.5. The topological polar surface area (TPSA) is 46.6 Å². The molecule has 0 bridgehead atoms. The quantitative estimate of drug-likeness (QED) is 0.457. The van der Waals surface area contributed by atoms with Gasteiger partial charge in [0, 0.05) is 29.1 Å². The van der Waals surface area contributed by atoms with Crippen LogP contribution in [0.25, 0.3) is 0 Å². The van der Waals surface area contributed by atoms with Gasteiger partial charge in [-0.2, -0.15) is 0 Å². The first-order valence-electron chi connectivity index (χ1n) is 13.6. The summed E-state index contributed by atoms with van der Waals surface area (Å²) in [5.74, 6) is 2.06. The molecule has 0 N–H and O–H groups in total. The summed E-state index contributed by atoms with van der Waals surface area (Å²) in [5, 5.41) is 0. The van der Waals surface area contributed by atoms with E-state index >= 15 is 0 Å². The second-order valence-corrected chi connectivity index (χ2v) is 12.0. The van der Waals surface area contributed by atoms with Crippen molar-refractivity contribution in [1.29, 1.82) is 0 Å². The average Bonchev–Trinajstić information content (AvgIpc) is 3.23. The van der Waals surface area contributed by atoms with Crippen molar-refractivity contribution >= 4 is 23.3 Å². The van der Waals surface area contributed by atoms with E-state index in [1.807, 2.05) is 65.6 Å². The van der Waals surface area contributed by atoms with Crippen LogP contribution in [0.5, 0.6) is 0 Å². The number of esters is 1. The van der Waals surface area contributed by atoms with Crippen LogP contribution in [0.3, 0.4) is 0 Å². The summed E-state index contributed by atoms with van der Waals surface area (Å²) >= 11 is 0. The van der Waals surface area contributed by atoms with E-state index in [0.717, 1.165) is 56.3 Å². The molecule has 1 amide bonds. The summed E-state index contributed by atoms with van der Waals surface area (Å²) in [6, 6.07) is 20.2. The fourth-order valence-corrected chi connectivity index (χ4v) is 8.67. The summed E-state index contributed by atoms with van der Waals surface area (Å²) in [4.78, 5) is 28.3. The van der Waals surface area contributed by atoms with Gasteiger partial charge in [-0.25, -0.2) is 0 Å². The molecule has 0 unspecified atom stereocenters. The highest BCUT2D eigenvalue weighted by atomic mass is 16.5. The number of nitrogens with zero attached hydrogens (tertiary/aromatic N) is 1. The summed E-state index contributed by atoms with van der Waals surface area (Å²) < 4.78 is 5.87. The molecule has 1 heterocycles. The second kappa shape index (κ2) is 8.50. The standard InChI is InChI=1S/C31H37NO3/c1-30-19-17-25-23(13-16-27-31(25,2)20-18-28(33)35-27)24(30)14-15-26(30)29(34)32(21-9-5-3-6-10-21)22-11-7-4-8-12-22/h3-12,23-27H,13-20H2,1-2H3/t23-,24-,25-,26+,27+,30-,31+/m0/s1. The molecule has 1 saturated heterocycles. The molecule has 4 aliphatic rings. The van der Waals surface area contributed by atoms with Crippen LogP contribution in [0, 0.1) is 34.5 Å². The zero-order valence-electron chi connectivity index (χ0n) is 21.0. The predicted octanol–water partition coefficient (Wildman–Crippen LogP) is 6.92. The average molecular weight is 472 g/mol. The van der Waals surface area contributed by atoms with E-state index < -0.39 is 0 Å². The molecule has 2 aromatic rings. The zero-order valence-corrected chi connectivity index (χ0v) is 21.0. The van der Waals surface area contributed by atoms with Crippen LogP contribution in [0.1, 0.15) is 65.2 Å². The number of rotatable bonds is 3. The van der Waals surface area contributed by atoms with E-state index in [4.69, 9.17) is 4.74 Å². The van der Waals surface area contributed by atoms with Gasteiger partial charge in [0.2, 0.25) is 5.91 Å². The number of hydrogen-bond acceptors (Lipinski definition) is 3. The Balaban J connectivity index is 1.30. The Bertz CT molecular complexity index is 1060. The highest BCUT2D eigenvalue weighted by Gasteiger charge is 2.62. The molecule has 7 atom stereocenters. The minimum Gasteiger partial charge on any atom is -0.462 e. The van der Waals surface area contributed by atoms with Gasteiger partial charge >= 0.3 is 5.97 Å². The number of benzene rings is 2. The lowest BCUT2D eigenvalue weighted by Crippen LogP contribution is -2.57. The number of para-hydroxylation sites is 2. The molecular formula is C31H37NO3. The summed E-state index contributed by atoms with van der Waals surface area (Å²) in [7, 11) is 0. The second-order valence-electron chi connectivity index (χ2n) is 12.0. The molecule has 184 valence electrons. The number of ether oxygens (including phenoxy) is 1. The van der Waals surface area contributed by atoms with E-state index in [-0.39, 0.29) is 34.7 Å². The lowest BCUT2D eigenvalue weighted by molar-refractivity contribution is -0.192. The van der Waals surface area contributed by atoms with Crippen molar-refractivity contribution in [2.75, 3.05) is 4.90 Å². The van der Waals surface area contributed by atoms with Crippen LogP contribution in [-0.4, -0.2) is 18.0 Å². The van der Waals surface area contributed by atoms with Gasteiger partial charge in [-0.1, -0.05) is 50.2 Å². The Hall–Kier alpha value is -2.62. The Morgan fingerprint density at radius 1 is 0.800 bits per heavy atom. The predicted molar refractivity (Wildman–Crippen MR) is 137 cm³/mol. The van der Waals surface area contributed by atoms with Crippen LogP contribution < -0.4 is 4.90 Å². The first-order valence-corrected chi connectivity index (χ1v) is 13.6. The number of anilines is 2. The molecular weight excluding hydrogens is 434 g/mol. The third-order valence-electron chi connectivity index (χ3n) is 10.5. The van der Waals surface area contributed by atoms with Gasteiger partial charge in [0.05, 0.1) is 0 Å². The molecule has 0 aromatic heterocycles. The van der Waals surface area contributed by atoms with Gasteiger partial charge < -0.3 is 4.74 Å². The van der Waals surface area contributed by atoms with Crippen molar-refractivity contribution in [2.24, 2.45) is 34.5 Å². The zero-order chi connectivity index (χ0) is 24.2. The van der Waals surface area contributed by atoms with Gasteiger partial charge in [-0.05, 0) is 92.4 Å². The number of amides is 1. The van der Waals surface area contributed by atoms with E-state index in [0.29, 0.717) is 24.2 Å². The molecule has 35 heavy (non-hydrogen) atoms. The third kappa shape index (κ3) is 3.55. The van der Waals surface area contributed by atoms with Crippen molar-refractivity contribution in [3.05, 3.63) is 60.7 Å². The highest BCUT2D eigenvalue weighted by Crippen LogP contribution is 2.66. The molecule has 4 fully saturated rings. The Morgan fingerprint density at radius 2 is 1.43 bits per heavy atom. The first kappa shape index (κ1) is 22.8. The largest absolute Gasteiger partial charge is 0.462 e. The molecule has 0 spiro atoms. The van der Waals surface area contributed by atoms with Crippen molar-refractivity contribution in [3.8, 4) is 0 Å². The lowest BCUT2D eigenvalue weighted by atomic mass is 9.47. The lowest BCUT2D eigenvalue weighted by Gasteiger charge is -2.59. The van der Waals surface area contributed by atoms with Gasteiger partial charge in [-0.15, -0.1) is 0 Å². The van der Waals surface area contributed by atoms with Crippen molar-refractivity contribution in [3.63, 3.8) is 0 Å². The molecule has 4 heteroatoms. The maximum Gasteiger partial charge on any atom is 0.306 e. The van der Waals surface area contributed by atoms with E-state index in [2.05, 4.69) is 13.8 Å². The van der Waals surface area contributed by atoms with E-state index in [9.17, 15) is 9.59 Å². The molecule has 3 aliphatic carbocycles. The summed E-state index contributed by atoms with van der Waals surface area (Å²) in [6.07, 6.45) is 8.03. The monoisotopic (exact) mass is 471 g/mol. The van der Waals surface area contributed by atoms with Crippen LogP contribution in [0.15, 0.2) is 60.7 Å². The van der Waals surface area contributed by atoms with Gasteiger partial charge in [-0.3, -0.25) is 14.5 Å². The van der Waals surface area contributed by atoms with E-state index in [1.54, 1.807) is 0 Å². The Kier molecular flexibility index (Phi) is 5.54. The Morgan fingerprint density at radius 3 is 2.09 bits per heavy atom. The highest BCUT2D eigenvalue weighted by molar-refractivity contribution is 6.02. The van der Waals surface area contributed by atoms with Crippen LogP contribution in [-0.2, 0) is 14.3 Å². The molecule has 2 aromatic carbocycles. The normalized spacial score (nSPS) is 38.0. The summed E-state index contributed by atoms with van der Waals surface area (Å²) in [6.45, 7) is 4.79. The van der Waals surface area contributed by atoms with Crippen molar-refractivity contribution in [2.45, 2.75) is 71.3 Å². The van der Waals surface area contributed by atoms with Crippen LogP contribution in [0.2, 0.25) is 0 Å². The summed E-state index contributed by atoms with van der Waals surface area (Å²) in [5.41, 5.74) is 2.01. The number of carbonyl (C=O) groups is 2. The maximum absolute atomic E-state index is 14.4. The number of hydrogen-bond donors (Lipinski definition) is 0. The minimum absolute atomic E-state index is 0.0139. The van der Waals surface area contributed by atoms with Gasteiger partial charge in [0.25, 0.3) is 0 Å². The van der Waals surface area contributed by atoms with Crippen LogP contribution >= 0.6 is 0 Å². The molecule has 1 aliphatic heterocycles. The van der Waals surface area contributed by atoms with Crippen molar-refractivity contribution in [1.82, 2.24) is 0 Å². The van der Waals surface area contributed by atoms with Crippen molar-refractivity contribution < 1.29 is 14.3 Å². The van der Waals surface area contributed by atoms with Crippen LogP contribution in [0.4, 0.5) is 11.4 Å². The fraction of sp³-hybridized carbons (Fsp3) is 0.548. The number of fused-ring (bicyclic) bond motifs is 5. The van der Waals surface area contributed by atoms with Gasteiger partial charge in [0.1, 0.15) is 6.10 Å². The number of carbonyl (C=O) groups excluding carboxylic acids is 2. The van der Waals surface area contributed by atoms with Gasteiger partial charge in [0.15, 0.2) is 0 Å². The fourth-order valence-electron chi connectivity index (χ4n) is 8.67.